The number of carbonyl (C=O) groups excluding carboxylic acids is 1. The highest BCUT2D eigenvalue weighted by Gasteiger charge is 2.31. The summed E-state index contributed by atoms with van der Waals surface area (Å²) < 4.78 is 31.9. The van der Waals surface area contributed by atoms with Crippen LogP contribution < -0.4 is 5.73 Å². The van der Waals surface area contributed by atoms with E-state index < -0.39 is 10.0 Å². The normalized spacial score (nSPS) is 24.1. The molecule has 0 saturated carbocycles. The average molecular weight is 341 g/mol. The summed E-state index contributed by atoms with van der Waals surface area (Å²) in [5.41, 5.74) is 5.45. The minimum Gasteiger partial charge on any atom is -0.447 e. The van der Waals surface area contributed by atoms with Gasteiger partial charge in [-0.25, -0.2) is 8.42 Å². The van der Waals surface area contributed by atoms with Gasteiger partial charge in [0.05, 0.1) is 12.6 Å². The molecule has 7 nitrogen and oxygen atoms in total. The zero-order chi connectivity index (χ0) is 16.4. The van der Waals surface area contributed by atoms with Gasteiger partial charge in [-0.05, 0) is 44.4 Å². The van der Waals surface area contributed by atoms with Crippen LogP contribution in [0.3, 0.4) is 0 Å². The molecule has 2 N–H and O–H groups in total. The Bertz CT molecular complexity index is 664. The number of carbonyl (C=O) groups is 1. The second kappa shape index (κ2) is 6.62. The predicted octanol–water partition coefficient (Wildman–Crippen LogP) is 0.904. The quantitative estimate of drug-likeness (QED) is 0.858. The molecule has 1 amide bonds. The molecular formula is C15H23N3O4S. The summed E-state index contributed by atoms with van der Waals surface area (Å²) in [6, 6.07) is 2.88. The number of furan rings is 1. The molecule has 2 fully saturated rings. The number of nitrogens with zero attached hydrogens (tertiary/aromatic N) is 2. The Kier molecular flexibility index (Phi) is 4.74. The van der Waals surface area contributed by atoms with E-state index in [1.807, 2.05) is 4.90 Å². The van der Waals surface area contributed by atoms with Gasteiger partial charge in [0.1, 0.15) is 5.76 Å². The predicted molar refractivity (Wildman–Crippen MR) is 83.9 cm³/mol. The van der Waals surface area contributed by atoms with E-state index in [1.165, 1.54) is 10.4 Å². The number of hydrogen-bond donors (Lipinski definition) is 1. The second-order valence-electron chi connectivity index (χ2n) is 6.22. The van der Waals surface area contributed by atoms with Crippen molar-refractivity contribution in [3.8, 4) is 0 Å². The van der Waals surface area contributed by atoms with Gasteiger partial charge in [0, 0.05) is 13.1 Å². The Morgan fingerprint density at radius 2 is 1.87 bits per heavy atom. The highest BCUT2D eigenvalue weighted by Crippen LogP contribution is 2.25. The Morgan fingerprint density at radius 3 is 2.57 bits per heavy atom. The zero-order valence-electron chi connectivity index (χ0n) is 13.1. The molecule has 2 aliphatic rings. The topological polar surface area (TPSA) is 96.8 Å². The lowest BCUT2D eigenvalue weighted by Crippen LogP contribution is -2.47. The first-order chi connectivity index (χ1) is 11.0. The van der Waals surface area contributed by atoms with E-state index in [2.05, 4.69) is 0 Å². The number of hydrogen-bond acceptors (Lipinski definition) is 5. The molecule has 1 atom stereocenters. The number of sulfonamides is 1. The van der Waals surface area contributed by atoms with Crippen molar-refractivity contribution in [3.05, 3.63) is 17.9 Å². The van der Waals surface area contributed by atoms with Crippen molar-refractivity contribution in [1.82, 2.24) is 9.21 Å². The van der Waals surface area contributed by atoms with Crippen LogP contribution in [0.4, 0.5) is 0 Å². The largest absolute Gasteiger partial charge is 0.447 e. The van der Waals surface area contributed by atoms with Gasteiger partial charge in [0.25, 0.3) is 10.0 Å². The fourth-order valence-corrected chi connectivity index (χ4v) is 4.79. The van der Waals surface area contributed by atoms with Crippen molar-refractivity contribution in [2.45, 2.75) is 49.8 Å². The van der Waals surface area contributed by atoms with E-state index in [9.17, 15) is 13.2 Å². The van der Waals surface area contributed by atoms with E-state index in [0.29, 0.717) is 25.4 Å². The van der Waals surface area contributed by atoms with Gasteiger partial charge < -0.3 is 10.2 Å². The van der Waals surface area contributed by atoms with E-state index in [-0.39, 0.29) is 17.0 Å². The molecule has 0 spiro atoms. The Labute approximate surface area is 136 Å². The molecule has 23 heavy (non-hydrogen) atoms. The van der Waals surface area contributed by atoms with Gasteiger partial charge in [-0.15, -0.1) is 0 Å². The number of primary amides is 1. The molecule has 0 radical (unpaired) electrons. The van der Waals surface area contributed by atoms with Crippen molar-refractivity contribution >= 4 is 15.9 Å². The maximum absolute atomic E-state index is 12.5. The highest BCUT2D eigenvalue weighted by atomic mass is 32.2. The second-order valence-corrected chi connectivity index (χ2v) is 8.09. The molecule has 0 bridgehead atoms. The summed E-state index contributed by atoms with van der Waals surface area (Å²) in [4.78, 5) is 13.5. The molecule has 8 heteroatoms. The molecule has 0 aliphatic carbocycles. The van der Waals surface area contributed by atoms with Crippen LogP contribution in [0.1, 0.15) is 37.9 Å². The minimum atomic E-state index is -3.53. The lowest BCUT2D eigenvalue weighted by molar-refractivity contribution is -0.124. The van der Waals surface area contributed by atoms with Crippen LogP contribution >= 0.6 is 0 Å². The molecule has 0 unspecified atom stereocenters. The first-order valence-corrected chi connectivity index (χ1v) is 9.55. The lowest BCUT2D eigenvalue weighted by atomic mass is 10.0. The van der Waals surface area contributed by atoms with Crippen LogP contribution in [0, 0.1) is 0 Å². The molecule has 1 aromatic heterocycles. The van der Waals surface area contributed by atoms with Gasteiger partial charge in [0.15, 0.2) is 0 Å². The average Bonchev–Trinajstić information content (AvgIpc) is 3.19. The maximum Gasteiger partial charge on any atom is 0.276 e. The van der Waals surface area contributed by atoms with Crippen molar-refractivity contribution in [2.75, 3.05) is 19.6 Å². The highest BCUT2D eigenvalue weighted by molar-refractivity contribution is 7.89. The summed E-state index contributed by atoms with van der Waals surface area (Å²) in [5.74, 6) is 0.220. The lowest BCUT2D eigenvalue weighted by Gasteiger charge is -2.32. The zero-order valence-corrected chi connectivity index (χ0v) is 13.9. The molecule has 3 heterocycles. The maximum atomic E-state index is 12.5. The smallest absolute Gasteiger partial charge is 0.276 e. The van der Waals surface area contributed by atoms with Gasteiger partial charge in [-0.2, -0.15) is 4.31 Å². The standard InChI is InChI=1S/C15H23N3O4S/c16-15(19)13-5-1-2-8-17(13)11-12-6-7-14(22-12)23(20,21)18-9-3-4-10-18/h6-7,13H,1-5,8-11H2,(H2,16,19)/t13-/m0/s1. The third-order valence-electron chi connectivity index (χ3n) is 4.60. The minimum absolute atomic E-state index is 0.0120. The van der Waals surface area contributed by atoms with Crippen LogP contribution in [0.5, 0.6) is 0 Å². The van der Waals surface area contributed by atoms with Crippen molar-refractivity contribution in [1.29, 1.82) is 0 Å². The van der Waals surface area contributed by atoms with Crippen LogP contribution in [0.25, 0.3) is 0 Å². The van der Waals surface area contributed by atoms with Gasteiger partial charge in [-0.1, -0.05) is 6.42 Å². The number of piperidine rings is 1. The van der Waals surface area contributed by atoms with Crippen molar-refractivity contribution in [2.24, 2.45) is 5.73 Å². The third-order valence-corrected chi connectivity index (χ3v) is 6.37. The number of likely N-dealkylation sites (tertiary alicyclic amines) is 1. The summed E-state index contributed by atoms with van der Waals surface area (Å²) >= 11 is 0. The van der Waals surface area contributed by atoms with E-state index >= 15 is 0 Å². The van der Waals surface area contributed by atoms with Crippen molar-refractivity contribution < 1.29 is 17.6 Å². The van der Waals surface area contributed by atoms with Gasteiger partial charge in [0.2, 0.25) is 11.0 Å². The molecule has 2 saturated heterocycles. The monoisotopic (exact) mass is 341 g/mol. The van der Waals surface area contributed by atoms with E-state index in [1.54, 1.807) is 6.07 Å². The molecule has 0 aromatic carbocycles. The summed E-state index contributed by atoms with van der Waals surface area (Å²) in [6.45, 7) is 2.27. The summed E-state index contributed by atoms with van der Waals surface area (Å²) in [6.07, 6.45) is 4.51. The first-order valence-electron chi connectivity index (χ1n) is 8.11. The van der Waals surface area contributed by atoms with E-state index in [0.717, 1.165) is 38.6 Å². The van der Waals surface area contributed by atoms with Crippen LogP contribution in [0.15, 0.2) is 21.6 Å². The van der Waals surface area contributed by atoms with Gasteiger partial charge in [-0.3, -0.25) is 9.69 Å². The fourth-order valence-electron chi connectivity index (χ4n) is 3.34. The molecular weight excluding hydrogens is 318 g/mol. The van der Waals surface area contributed by atoms with Crippen LogP contribution in [0.2, 0.25) is 0 Å². The van der Waals surface area contributed by atoms with Crippen LogP contribution in [-0.2, 0) is 21.4 Å². The molecule has 128 valence electrons. The molecule has 1 aromatic rings. The fraction of sp³-hybridized carbons (Fsp3) is 0.667. The Hall–Kier alpha value is -1.38. The summed E-state index contributed by atoms with van der Waals surface area (Å²) in [5, 5.41) is -0.0120. The third kappa shape index (κ3) is 3.44. The Morgan fingerprint density at radius 1 is 1.17 bits per heavy atom. The Balaban J connectivity index is 1.73. The number of nitrogens with two attached hydrogens (primary N) is 1. The van der Waals surface area contributed by atoms with Gasteiger partial charge >= 0.3 is 0 Å². The molecule has 2 aliphatic heterocycles. The number of rotatable bonds is 5. The van der Waals surface area contributed by atoms with Crippen molar-refractivity contribution in [3.63, 3.8) is 0 Å². The van der Waals surface area contributed by atoms with E-state index in [4.69, 9.17) is 10.2 Å². The summed E-state index contributed by atoms with van der Waals surface area (Å²) in [7, 11) is -3.53. The first kappa shape index (κ1) is 16.5. The van der Waals surface area contributed by atoms with Crippen LogP contribution in [-0.4, -0.2) is 49.2 Å². The number of amides is 1. The SMILES string of the molecule is NC(=O)[C@@H]1CCCCN1Cc1ccc(S(=O)(=O)N2CCCC2)o1. The molecule has 3 rings (SSSR count).